The van der Waals surface area contributed by atoms with Crippen molar-refractivity contribution < 1.29 is 9.47 Å². The van der Waals surface area contributed by atoms with Gasteiger partial charge in [-0.2, -0.15) is 0 Å². The third-order valence-electron chi connectivity index (χ3n) is 23.2. The number of allylic oxidation sites excluding steroid dienone is 4. The second kappa shape index (κ2) is 25.2. The average molecular weight is 1410 g/mol. The highest BCUT2D eigenvalue weighted by Gasteiger charge is 2.57. The fourth-order valence-electron chi connectivity index (χ4n) is 18.3. The van der Waals surface area contributed by atoms with E-state index in [4.69, 9.17) is 39.4 Å². The van der Waals surface area contributed by atoms with Gasteiger partial charge in [-0.05, 0) is 149 Å². The van der Waals surface area contributed by atoms with Crippen LogP contribution in [-0.2, 0) is 10.8 Å². The molecule has 15 aromatic carbocycles. The lowest BCUT2D eigenvalue weighted by Crippen LogP contribution is -2.37. The molecule has 0 amide bonds. The normalized spacial score (nSPS) is 16.0. The molecule has 8 nitrogen and oxygen atoms in total. The SMILES string of the molecule is C1=CC2c3ccccc3C3(c4ccccc4Oc4ccc(-c5cccc(-c6nc(-c7ccc8ccccc8c7)nc(-c7ccccc7-c7cccc(-c8ccc(-c9nc(-c%10ccccc%10)nc(-c%10cccc(-c%11ccc%12c(c%11)C%11(c%13ccccc%13O%12)c%12ccccc%12-c%12ccccc%12%11)c%10)n9)cc8)c7)n6)c5)cc43)C2C=C1. The van der Waals surface area contributed by atoms with E-state index in [2.05, 4.69) is 358 Å². The van der Waals surface area contributed by atoms with Crippen LogP contribution in [0.4, 0.5) is 0 Å². The molecule has 0 bridgehead atoms. The summed E-state index contributed by atoms with van der Waals surface area (Å²) in [6.07, 6.45) is 9.21. The minimum absolute atomic E-state index is 0.149. The van der Waals surface area contributed by atoms with E-state index in [1.54, 1.807) is 0 Å². The van der Waals surface area contributed by atoms with Crippen LogP contribution < -0.4 is 9.47 Å². The lowest BCUT2D eigenvalue weighted by Gasteiger charge is -2.43. The van der Waals surface area contributed by atoms with Crippen LogP contribution in [0.1, 0.15) is 50.4 Å². The number of ether oxygens (including phenoxy) is 2. The van der Waals surface area contributed by atoms with Gasteiger partial charge in [-0.15, -0.1) is 0 Å². The molecule has 4 heterocycles. The molecule has 2 spiro atoms. The van der Waals surface area contributed by atoms with Crippen LogP contribution in [0.3, 0.4) is 0 Å². The molecule has 17 aromatic rings. The Morgan fingerprint density at radius 2 is 0.618 bits per heavy atom. The summed E-state index contributed by atoms with van der Waals surface area (Å²) >= 11 is 0. The molecule has 2 aliphatic heterocycles. The molecule has 0 saturated heterocycles. The van der Waals surface area contributed by atoms with Crippen molar-refractivity contribution in [1.29, 1.82) is 0 Å². The van der Waals surface area contributed by atoms with Gasteiger partial charge in [-0.1, -0.05) is 315 Å². The van der Waals surface area contributed by atoms with Crippen molar-refractivity contribution in [2.24, 2.45) is 5.92 Å². The second-order valence-electron chi connectivity index (χ2n) is 29.1. The van der Waals surface area contributed by atoms with Crippen molar-refractivity contribution in [2.45, 2.75) is 16.7 Å². The van der Waals surface area contributed by atoms with Gasteiger partial charge in [0.25, 0.3) is 0 Å². The quantitative estimate of drug-likeness (QED) is 0.134. The molecule has 5 aliphatic rings. The summed E-state index contributed by atoms with van der Waals surface area (Å²) in [5.74, 6) is 7.30. The Bertz CT molecular complexity index is 6670. The lowest BCUT2D eigenvalue weighted by molar-refractivity contribution is 0.374. The van der Waals surface area contributed by atoms with Gasteiger partial charge in [0, 0.05) is 67.5 Å². The van der Waals surface area contributed by atoms with Gasteiger partial charge in [0.1, 0.15) is 23.0 Å². The molecule has 22 rings (SSSR count). The first-order chi connectivity index (χ1) is 54.5. The largest absolute Gasteiger partial charge is 0.457 e. The Morgan fingerprint density at radius 3 is 1.28 bits per heavy atom. The van der Waals surface area contributed by atoms with Crippen molar-refractivity contribution in [2.75, 3.05) is 0 Å². The van der Waals surface area contributed by atoms with Gasteiger partial charge in [0.05, 0.1) is 10.8 Å². The van der Waals surface area contributed by atoms with Gasteiger partial charge in [-0.25, -0.2) is 29.9 Å². The van der Waals surface area contributed by atoms with Crippen LogP contribution in [-0.4, -0.2) is 29.9 Å². The molecule has 3 unspecified atom stereocenters. The fourth-order valence-corrected chi connectivity index (χ4v) is 18.3. The van der Waals surface area contributed by atoms with Crippen LogP contribution in [0.2, 0.25) is 0 Å². The number of hydrogen-bond acceptors (Lipinski definition) is 8. The van der Waals surface area contributed by atoms with E-state index in [1.807, 2.05) is 18.2 Å². The fraction of sp³-hybridized carbons (Fsp3) is 0.0392. The first-order valence-corrected chi connectivity index (χ1v) is 37.5. The van der Waals surface area contributed by atoms with Gasteiger partial charge < -0.3 is 9.47 Å². The van der Waals surface area contributed by atoms with Crippen LogP contribution >= 0.6 is 0 Å². The van der Waals surface area contributed by atoms with Crippen LogP contribution in [0.15, 0.2) is 376 Å². The molecule has 0 N–H and O–H groups in total. The van der Waals surface area contributed by atoms with Crippen LogP contribution in [0.25, 0.3) is 135 Å². The molecule has 2 aromatic heterocycles. The zero-order valence-electron chi connectivity index (χ0n) is 59.5. The number of nitrogens with zero attached hydrogens (tertiary/aromatic N) is 6. The van der Waals surface area contributed by atoms with Gasteiger partial charge >= 0.3 is 0 Å². The third kappa shape index (κ3) is 9.92. The van der Waals surface area contributed by atoms with Crippen molar-refractivity contribution in [1.82, 2.24) is 29.9 Å². The first kappa shape index (κ1) is 63.0. The predicted octanol–water partition coefficient (Wildman–Crippen LogP) is 24.6. The van der Waals surface area contributed by atoms with Crippen molar-refractivity contribution in [3.8, 4) is 147 Å². The standard InChI is InChI=1S/C102H64N6O2/c1-2-24-65(25-3-1)95-103-96(105-97(104-95)74-31-21-28-69(59-74)71-53-55-93-89(61-71)101(87-43-16-18-45-91(87)109-93)83-39-12-8-34-78(83)79-35-9-13-40-84(79)101)66-50-47-64(48-51-66)68-27-20-30-73(57-68)77-33-6-7-38-82(77)100-107-98(106-99(108-100)76-52-49-63-23-4-5-26-67(63)58-76)75-32-22-29-70(60-75)72-54-56-94-90(62-72)102(88-44-17-19-46-92(88)110-94)85-41-14-10-36-80(85)81-37-11-15-42-86(81)102/h1-62,80,85H. The summed E-state index contributed by atoms with van der Waals surface area (Å²) < 4.78 is 13.7. The molecule has 0 radical (unpaired) electrons. The van der Waals surface area contributed by atoms with Crippen LogP contribution in [0.5, 0.6) is 23.0 Å². The number of hydrogen-bond donors (Lipinski definition) is 0. The zero-order chi connectivity index (χ0) is 72.4. The van der Waals surface area contributed by atoms with E-state index >= 15 is 0 Å². The molecule has 8 heteroatoms. The summed E-state index contributed by atoms with van der Waals surface area (Å²) in [6.45, 7) is 0. The monoisotopic (exact) mass is 1400 g/mol. The van der Waals surface area contributed by atoms with Crippen molar-refractivity contribution in [3.05, 3.63) is 421 Å². The maximum absolute atomic E-state index is 6.87. The number of rotatable bonds is 10. The molecule has 110 heavy (non-hydrogen) atoms. The number of aromatic nitrogens is 6. The van der Waals surface area contributed by atoms with Gasteiger partial charge in [0.15, 0.2) is 34.9 Å². The Labute approximate surface area is 636 Å². The zero-order valence-corrected chi connectivity index (χ0v) is 59.5. The number of para-hydroxylation sites is 2. The maximum Gasteiger partial charge on any atom is 0.164 e. The Balaban J connectivity index is 0.604. The third-order valence-corrected chi connectivity index (χ3v) is 23.2. The van der Waals surface area contributed by atoms with E-state index in [9.17, 15) is 0 Å². The summed E-state index contributed by atoms with van der Waals surface area (Å²) in [5, 5.41) is 2.25. The highest BCUT2D eigenvalue weighted by Crippen LogP contribution is 2.66. The minimum Gasteiger partial charge on any atom is -0.457 e. The second-order valence-corrected chi connectivity index (χ2v) is 29.1. The van der Waals surface area contributed by atoms with Gasteiger partial charge in [0.2, 0.25) is 0 Å². The van der Waals surface area contributed by atoms with E-state index in [-0.39, 0.29) is 11.8 Å². The van der Waals surface area contributed by atoms with E-state index in [0.29, 0.717) is 34.9 Å². The smallest absolute Gasteiger partial charge is 0.164 e. The summed E-state index contributed by atoms with van der Waals surface area (Å²) in [7, 11) is 0. The highest BCUT2D eigenvalue weighted by molar-refractivity contribution is 5.92. The maximum atomic E-state index is 6.87. The van der Waals surface area contributed by atoms with Crippen molar-refractivity contribution >= 4 is 10.8 Å². The Hall–Kier alpha value is -14.3. The Kier molecular flexibility index (Phi) is 14.4. The molecular formula is C102H64N6O2. The molecule has 3 aliphatic carbocycles. The van der Waals surface area contributed by atoms with E-state index in [0.717, 1.165) is 128 Å². The van der Waals surface area contributed by atoms with Crippen LogP contribution in [0, 0.1) is 5.92 Å². The van der Waals surface area contributed by atoms with E-state index in [1.165, 1.54) is 38.9 Å². The summed E-state index contributed by atoms with van der Waals surface area (Å²) in [4.78, 5) is 31.9. The minimum atomic E-state index is -0.590. The van der Waals surface area contributed by atoms with Gasteiger partial charge in [-0.3, -0.25) is 0 Å². The molecule has 514 valence electrons. The molecule has 0 fully saturated rings. The predicted molar refractivity (Wildman–Crippen MR) is 440 cm³/mol. The van der Waals surface area contributed by atoms with Crippen molar-refractivity contribution in [3.63, 3.8) is 0 Å². The Morgan fingerprint density at radius 1 is 0.218 bits per heavy atom. The summed E-state index contributed by atoms with van der Waals surface area (Å²) in [5.41, 5.74) is 24.7. The summed E-state index contributed by atoms with van der Waals surface area (Å²) in [6, 6.07) is 125. The lowest BCUT2D eigenvalue weighted by atomic mass is 9.61. The molecule has 0 saturated carbocycles. The number of fused-ring (bicyclic) bond motifs is 19. The van der Waals surface area contributed by atoms with E-state index < -0.39 is 10.8 Å². The first-order valence-electron chi connectivity index (χ1n) is 37.5. The molecule has 3 atom stereocenters. The topological polar surface area (TPSA) is 95.8 Å². The molecular weight excluding hydrogens is 1340 g/mol. The highest BCUT2D eigenvalue weighted by atomic mass is 16.5. The number of benzene rings is 15. The average Bonchev–Trinajstić information content (AvgIpc) is 1.49.